The largest absolute Gasteiger partial charge is 0.378 e. The normalized spacial score (nSPS) is 21.3. The van der Waals surface area contributed by atoms with Gasteiger partial charge in [-0.15, -0.1) is 0 Å². The van der Waals surface area contributed by atoms with Crippen molar-refractivity contribution in [3.05, 3.63) is 23.9 Å². The van der Waals surface area contributed by atoms with Gasteiger partial charge in [0.15, 0.2) is 0 Å². The third-order valence-electron chi connectivity index (χ3n) is 5.64. The maximum absolute atomic E-state index is 12.6. The van der Waals surface area contributed by atoms with Crippen molar-refractivity contribution < 1.29 is 19.1 Å². The first-order chi connectivity index (χ1) is 13.6. The summed E-state index contributed by atoms with van der Waals surface area (Å²) >= 11 is 0. The van der Waals surface area contributed by atoms with Crippen LogP contribution in [0.5, 0.6) is 0 Å². The van der Waals surface area contributed by atoms with Gasteiger partial charge in [-0.05, 0) is 24.5 Å². The molecule has 1 aliphatic carbocycles. The molecule has 0 bridgehead atoms. The number of pyridine rings is 1. The smallest absolute Gasteiger partial charge is 0.325 e. The summed E-state index contributed by atoms with van der Waals surface area (Å²) in [7, 11) is 0. The maximum atomic E-state index is 12.6. The van der Waals surface area contributed by atoms with Gasteiger partial charge in [0.1, 0.15) is 17.9 Å². The number of ether oxygens (including phenoxy) is 1. The van der Waals surface area contributed by atoms with Crippen LogP contribution in [0, 0.1) is 0 Å². The van der Waals surface area contributed by atoms with Gasteiger partial charge < -0.3 is 20.3 Å². The molecule has 0 radical (unpaired) electrons. The number of urea groups is 1. The Morgan fingerprint density at radius 2 is 1.96 bits per heavy atom. The fourth-order valence-corrected chi connectivity index (χ4v) is 4.04. The molecular weight excluding hydrogens is 362 g/mol. The first-order valence-corrected chi connectivity index (χ1v) is 9.76. The zero-order valence-corrected chi connectivity index (χ0v) is 15.8. The number of carbonyl (C=O) groups is 3. The Balaban J connectivity index is 1.28. The third kappa shape index (κ3) is 3.66. The van der Waals surface area contributed by atoms with Crippen LogP contribution < -0.4 is 15.5 Å². The Morgan fingerprint density at radius 3 is 2.64 bits per heavy atom. The molecule has 1 aromatic heterocycles. The topological polar surface area (TPSA) is 104 Å². The zero-order valence-electron chi connectivity index (χ0n) is 15.8. The van der Waals surface area contributed by atoms with E-state index in [2.05, 4.69) is 20.5 Å². The van der Waals surface area contributed by atoms with E-state index in [1.807, 2.05) is 12.1 Å². The number of morpholine rings is 1. The number of nitrogens with one attached hydrogen (secondary N) is 2. The molecule has 2 saturated heterocycles. The van der Waals surface area contributed by atoms with Crippen molar-refractivity contribution in [2.75, 3.05) is 37.7 Å². The predicted molar refractivity (Wildman–Crippen MR) is 101 cm³/mol. The van der Waals surface area contributed by atoms with Gasteiger partial charge in [0, 0.05) is 25.8 Å². The number of nitrogens with zero attached hydrogens (tertiary/aromatic N) is 3. The monoisotopic (exact) mass is 387 g/mol. The molecule has 150 valence electrons. The second kappa shape index (κ2) is 7.75. The van der Waals surface area contributed by atoms with E-state index < -0.39 is 11.6 Å². The average molecular weight is 387 g/mol. The van der Waals surface area contributed by atoms with Crippen LogP contribution in [0.25, 0.3) is 0 Å². The Labute approximate surface area is 163 Å². The summed E-state index contributed by atoms with van der Waals surface area (Å²) in [5.74, 6) is 0.247. The number of imide groups is 1. The van der Waals surface area contributed by atoms with Crippen LogP contribution in [-0.4, -0.2) is 66.1 Å². The molecule has 9 heteroatoms. The highest BCUT2D eigenvalue weighted by Crippen LogP contribution is 2.34. The van der Waals surface area contributed by atoms with Gasteiger partial charge in [0.05, 0.1) is 13.2 Å². The van der Waals surface area contributed by atoms with Gasteiger partial charge in [-0.2, -0.15) is 0 Å². The predicted octanol–water partition coefficient (Wildman–Crippen LogP) is 0.399. The van der Waals surface area contributed by atoms with E-state index in [1.165, 1.54) is 0 Å². The SMILES string of the molecule is O=C(CN1C(=O)NC2(CCCC2)C1=O)NCc1ccc(N2CCOCC2)nc1. The summed E-state index contributed by atoms with van der Waals surface area (Å²) in [6.45, 7) is 3.07. The Morgan fingerprint density at radius 1 is 1.21 bits per heavy atom. The lowest BCUT2D eigenvalue weighted by atomic mass is 9.98. The number of anilines is 1. The van der Waals surface area contributed by atoms with Crippen molar-refractivity contribution in [2.45, 2.75) is 37.8 Å². The summed E-state index contributed by atoms with van der Waals surface area (Å²) in [4.78, 5) is 44.6. The molecular formula is C19H25N5O4. The highest BCUT2D eigenvalue weighted by Gasteiger charge is 2.52. The summed E-state index contributed by atoms with van der Waals surface area (Å²) in [5, 5.41) is 5.54. The second-order valence-corrected chi connectivity index (χ2v) is 7.51. The van der Waals surface area contributed by atoms with Crippen LogP contribution in [0.3, 0.4) is 0 Å². The average Bonchev–Trinajstić information content (AvgIpc) is 3.28. The highest BCUT2D eigenvalue weighted by atomic mass is 16.5. The van der Waals surface area contributed by atoms with Crippen LogP contribution in [0.2, 0.25) is 0 Å². The van der Waals surface area contributed by atoms with E-state index >= 15 is 0 Å². The second-order valence-electron chi connectivity index (χ2n) is 7.51. The lowest BCUT2D eigenvalue weighted by Gasteiger charge is -2.27. The van der Waals surface area contributed by atoms with E-state index in [0.717, 1.165) is 42.2 Å². The van der Waals surface area contributed by atoms with E-state index in [1.54, 1.807) is 6.20 Å². The molecule has 4 rings (SSSR count). The van der Waals surface area contributed by atoms with E-state index in [0.29, 0.717) is 32.6 Å². The molecule has 3 aliphatic rings. The zero-order chi connectivity index (χ0) is 19.6. The van der Waals surface area contributed by atoms with Crippen LogP contribution in [0.1, 0.15) is 31.2 Å². The first-order valence-electron chi connectivity index (χ1n) is 9.76. The summed E-state index contributed by atoms with van der Waals surface area (Å²) in [6.07, 6.45) is 4.86. The van der Waals surface area contributed by atoms with E-state index in [9.17, 15) is 14.4 Å². The number of aromatic nitrogens is 1. The lowest BCUT2D eigenvalue weighted by Crippen LogP contribution is -2.45. The van der Waals surface area contributed by atoms with E-state index in [-0.39, 0.29) is 18.4 Å². The van der Waals surface area contributed by atoms with Gasteiger partial charge in [-0.25, -0.2) is 9.78 Å². The minimum Gasteiger partial charge on any atom is -0.378 e. The number of hydrogen-bond acceptors (Lipinski definition) is 6. The molecule has 4 amide bonds. The molecule has 0 unspecified atom stereocenters. The van der Waals surface area contributed by atoms with Crippen LogP contribution >= 0.6 is 0 Å². The molecule has 9 nitrogen and oxygen atoms in total. The number of hydrogen-bond donors (Lipinski definition) is 2. The van der Waals surface area contributed by atoms with Crippen molar-refractivity contribution in [2.24, 2.45) is 0 Å². The number of amides is 4. The summed E-state index contributed by atoms with van der Waals surface area (Å²) in [5.41, 5.74) is 0.0752. The molecule has 3 heterocycles. The molecule has 2 N–H and O–H groups in total. The minimum atomic E-state index is -0.781. The lowest BCUT2D eigenvalue weighted by molar-refractivity contribution is -0.134. The van der Waals surface area contributed by atoms with Crippen LogP contribution in [-0.2, 0) is 20.9 Å². The van der Waals surface area contributed by atoms with Crippen molar-refractivity contribution in [1.29, 1.82) is 0 Å². The quantitative estimate of drug-likeness (QED) is 0.709. The molecule has 1 aromatic rings. The molecule has 3 fully saturated rings. The summed E-state index contributed by atoms with van der Waals surface area (Å²) in [6, 6.07) is 3.37. The fraction of sp³-hybridized carbons (Fsp3) is 0.579. The van der Waals surface area contributed by atoms with Crippen LogP contribution in [0.4, 0.5) is 10.6 Å². The molecule has 1 spiro atoms. The van der Waals surface area contributed by atoms with Gasteiger partial charge in [-0.1, -0.05) is 18.9 Å². The standard InChI is InChI=1S/C19H25N5O4/c25-16(13-24-17(26)19(22-18(24)27)5-1-2-6-19)21-12-14-3-4-15(20-11-14)23-7-9-28-10-8-23/h3-4,11H,1-2,5-10,12-13H2,(H,21,25)(H,22,27). The van der Waals surface area contributed by atoms with Crippen molar-refractivity contribution in [3.8, 4) is 0 Å². The van der Waals surface area contributed by atoms with Crippen molar-refractivity contribution in [3.63, 3.8) is 0 Å². The van der Waals surface area contributed by atoms with Gasteiger partial charge >= 0.3 is 6.03 Å². The van der Waals surface area contributed by atoms with Gasteiger partial charge in [0.25, 0.3) is 5.91 Å². The first kappa shape index (κ1) is 18.7. The number of rotatable bonds is 5. The Bertz CT molecular complexity index is 754. The molecule has 0 atom stereocenters. The Kier molecular flexibility index (Phi) is 5.17. The fourth-order valence-electron chi connectivity index (χ4n) is 4.04. The van der Waals surface area contributed by atoms with Gasteiger partial charge in [-0.3, -0.25) is 14.5 Å². The molecule has 28 heavy (non-hydrogen) atoms. The van der Waals surface area contributed by atoms with Crippen LogP contribution in [0.15, 0.2) is 18.3 Å². The molecule has 0 aromatic carbocycles. The molecule has 1 saturated carbocycles. The highest BCUT2D eigenvalue weighted by molar-refractivity contribution is 6.09. The van der Waals surface area contributed by atoms with Crippen molar-refractivity contribution >= 4 is 23.7 Å². The third-order valence-corrected chi connectivity index (χ3v) is 5.64. The number of carbonyl (C=O) groups excluding carboxylic acids is 3. The maximum Gasteiger partial charge on any atom is 0.325 e. The summed E-state index contributed by atoms with van der Waals surface area (Å²) < 4.78 is 5.34. The van der Waals surface area contributed by atoms with Gasteiger partial charge in [0.2, 0.25) is 5.91 Å². The molecule has 2 aliphatic heterocycles. The van der Waals surface area contributed by atoms with Crippen molar-refractivity contribution in [1.82, 2.24) is 20.5 Å². The minimum absolute atomic E-state index is 0.258. The Hall–Kier alpha value is -2.68. The van der Waals surface area contributed by atoms with E-state index in [4.69, 9.17) is 4.74 Å².